The fraction of sp³-hybridized carbons (Fsp3) is 0.100. The maximum atomic E-state index is 10.7. The lowest BCUT2D eigenvalue weighted by atomic mass is 10.3. The third-order valence-corrected chi connectivity index (χ3v) is 2.52. The van der Waals surface area contributed by atoms with E-state index in [2.05, 4.69) is 0 Å². The summed E-state index contributed by atoms with van der Waals surface area (Å²) in [5.74, 6) is -1.22. The normalized spacial score (nSPS) is 10.6. The number of hydrogen-bond donors (Lipinski definition) is 1. The molecule has 1 N–H and O–H groups in total. The summed E-state index contributed by atoms with van der Waals surface area (Å²) in [6.45, 7) is -0.134. The Kier molecular flexibility index (Phi) is 4.94. The molecule has 0 spiro atoms. The zero-order chi connectivity index (χ0) is 13.7. The van der Waals surface area contributed by atoms with Crippen LogP contribution in [0.25, 0.3) is 0 Å². The molecular weight excluding hydrogens is 285 g/mol. The zero-order valence-electron chi connectivity index (χ0n) is 8.80. The molecule has 0 heterocycles. The number of nitrogens with zero attached hydrogens (tertiary/aromatic N) is 1. The van der Waals surface area contributed by atoms with Gasteiger partial charge in [0.15, 0.2) is 5.75 Å². The minimum Gasteiger partial charge on any atom is -0.483 e. The first-order valence-electron chi connectivity index (χ1n) is 4.57. The third kappa shape index (κ3) is 3.90. The van der Waals surface area contributed by atoms with Gasteiger partial charge >= 0.3 is 11.7 Å². The van der Waals surface area contributed by atoms with E-state index in [9.17, 15) is 14.9 Å². The Bertz CT molecular complexity index is 515. The van der Waals surface area contributed by atoms with Crippen LogP contribution in [-0.2, 0) is 4.79 Å². The summed E-state index contributed by atoms with van der Waals surface area (Å²) < 4.78 is 5.05. The van der Waals surface area contributed by atoms with Gasteiger partial charge in [0, 0.05) is 18.2 Å². The molecule has 8 heteroatoms. The maximum Gasteiger partial charge on any atom is 0.328 e. The fourth-order valence-electron chi connectivity index (χ4n) is 1.06. The smallest absolute Gasteiger partial charge is 0.328 e. The highest BCUT2D eigenvalue weighted by atomic mass is 35.5. The van der Waals surface area contributed by atoms with Crippen LogP contribution >= 0.6 is 23.2 Å². The predicted octanol–water partition coefficient (Wildman–Crippen LogP) is 2.92. The summed E-state index contributed by atoms with van der Waals surface area (Å²) in [4.78, 5) is 20.3. The Morgan fingerprint density at radius 1 is 1.44 bits per heavy atom. The van der Waals surface area contributed by atoms with Crippen molar-refractivity contribution in [3.8, 4) is 5.75 Å². The van der Waals surface area contributed by atoms with Crippen LogP contribution in [0.5, 0.6) is 5.75 Å². The van der Waals surface area contributed by atoms with Crippen LogP contribution in [0.15, 0.2) is 24.3 Å². The standard InChI is InChI=1S/C10H7Cl2NO5/c11-6-4-8(13(16)17)9(5-7(6)12)18-3-1-2-10(14)15/h1-2,4-5H,3H2,(H,14,15)/b2-1+. The number of ether oxygens (including phenoxy) is 1. The van der Waals surface area contributed by atoms with Crippen molar-refractivity contribution in [2.24, 2.45) is 0 Å². The molecule has 0 bridgehead atoms. The minimum atomic E-state index is -1.14. The van der Waals surface area contributed by atoms with Gasteiger partial charge in [-0.2, -0.15) is 0 Å². The molecule has 1 rings (SSSR count). The van der Waals surface area contributed by atoms with Gasteiger partial charge in [0.2, 0.25) is 0 Å². The van der Waals surface area contributed by atoms with Gasteiger partial charge in [-0.3, -0.25) is 10.1 Å². The van der Waals surface area contributed by atoms with Crippen LogP contribution in [0.1, 0.15) is 0 Å². The molecule has 96 valence electrons. The van der Waals surface area contributed by atoms with Gasteiger partial charge in [0.25, 0.3) is 0 Å². The van der Waals surface area contributed by atoms with E-state index in [4.69, 9.17) is 33.0 Å². The van der Waals surface area contributed by atoms with Crippen LogP contribution in [-0.4, -0.2) is 22.6 Å². The first kappa shape index (κ1) is 14.3. The quantitative estimate of drug-likeness (QED) is 0.512. The van der Waals surface area contributed by atoms with Gasteiger partial charge in [-0.25, -0.2) is 4.79 Å². The second-order valence-corrected chi connectivity index (χ2v) is 3.86. The number of benzene rings is 1. The summed E-state index contributed by atoms with van der Waals surface area (Å²) in [6.07, 6.45) is 2.07. The molecule has 0 atom stereocenters. The lowest BCUT2D eigenvalue weighted by molar-refractivity contribution is -0.385. The van der Waals surface area contributed by atoms with Crippen LogP contribution in [0.4, 0.5) is 5.69 Å². The van der Waals surface area contributed by atoms with E-state index >= 15 is 0 Å². The number of hydrogen-bond acceptors (Lipinski definition) is 4. The van der Waals surface area contributed by atoms with Gasteiger partial charge in [-0.1, -0.05) is 23.2 Å². The first-order chi connectivity index (χ1) is 8.41. The Labute approximate surface area is 112 Å². The monoisotopic (exact) mass is 291 g/mol. The SMILES string of the molecule is O=C(O)/C=C/COc1cc(Cl)c(Cl)cc1[N+](=O)[O-]. The Morgan fingerprint density at radius 3 is 2.61 bits per heavy atom. The van der Waals surface area contributed by atoms with Gasteiger partial charge < -0.3 is 9.84 Å². The van der Waals surface area contributed by atoms with Gasteiger partial charge in [0.1, 0.15) is 6.61 Å². The van der Waals surface area contributed by atoms with Crippen LogP contribution in [0.2, 0.25) is 10.0 Å². The lowest BCUT2D eigenvalue weighted by Gasteiger charge is -2.05. The maximum absolute atomic E-state index is 10.7. The Balaban J connectivity index is 2.90. The Morgan fingerprint density at radius 2 is 2.06 bits per heavy atom. The van der Waals surface area contributed by atoms with E-state index in [1.165, 1.54) is 12.1 Å². The number of carboxylic acids is 1. The molecule has 0 aliphatic heterocycles. The highest BCUT2D eigenvalue weighted by molar-refractivity contribution is 6.42. The second-order valence-electron chi connectivity index (χ2n) is 3.04. The summed E-state index contributed by atoms with van der Waals surface area (Å²) in [6, 6.07) is 2.27. The first-order valence-corrected chi connectivity index (χ1v) is 5.33. The summed E-state index contributed by atoms with van der Waals surface area (Å²) in [5.41, 5.74) is -0.340. The van der Waals surface area contributed by atoms with Crippen molar-refractivity contribution in [1.82, 2.24) is 0 Å². The average Bonchev–Trinajstić information content (AvgIpc) is 2.28. The number of nitro groups is 1. The van der Waals surface area contributed by atoms with E-state index < -0.39 is 10.9 Å². The molecule has 1 aromatic carbocycles. The summed E-state index contributed by atoms with van der Waals surface area (Å²) in [7, 11) is 0. The number of rotatable bonds is 5. The molecule has 0 unspecified atom stereocenters. The molecular formula is C10H7Cl2NO5. The van der Waals surface area contributed by atoms with Crippen molar-refractivity contribution in [2.75, 3.05) is 6.61 Å². The molecule has 0 aliphatic rings. The topological polar surface area (TPSA) is 89.7 Å². The molecule has 6 nitrogen and oxygen atoms in total. The van der Waals surface area contributed by atoms with Crippen LogP contribution in [0, 0.1) is 10.1 Å². The molecule has 0 radical (unpaired) electrons. The van der Waals surface area contributed by atoms with E-state index in [0.29, 0.717) is 0 Å². The molecule has 0 aromatic heterocycles. The molecule has 1 aromatic rings. The minimum absolute atomic E-state index is 0.0387. The number of halogens is 2. The molecule has 0 aliphatic carbocycles. The van der Waals surface area contributed by atoms with E-state index in [-0.39, 0.29) is 28.1 Å². The van der Waals surface area contributed by atoms with E-state index in [0.717, 1.165) is 12.1 Å². The van der Waals surface area contributed by atoms with Crippen molar-refractivity contribution in [2.45, 2.75) is 0 Å². The predicted molar refractivity (Wildman–Crippen MR) is 65.4 cm³/mol. The Hall–Kier alpha value is -1.79. The second kappa shape index (κ2) is 6.23. The largest absolute Gasteiger partial charge is 0.483 e. The molecule has 0 amide bonds. The summed E-state index contributed by atoms with van der Waals surface area (Å²) in [5, 5.41) is 19.2. The molecule has 0 fully saturated rings. The van der Waals surface area contributed by atoms with Crippen molar-refractivity contribution in [1.29, 1.82) is 0 Å². The van der Waals surface area contributed by atoms with E-state index in [1.807, 2.05) is 0 Å². The lowest BCUT2D eigenvalue weighted by Crippen LogP contribution is -1.99. The molecule has 0 saturated carbocycles. The average molecular weight is 292 g/mol. The van der Waals surface area contributed by atoms with E-state index in [1.54, 1.807) is 0 Å². The number of carbonyl (C=O) groups is 1. The van der Waals surface area contributed by atoms with Gasteiger partial charge in [0.05, 0.1) is 15.0 Å². The van der Waals surface area contributed by atoms with Crippen LogP contribution in [0.3, 0.4) is 0 Å². The third-order valence-electron chi connectivity index (χ3n) is 1.79. The highest BCUT2D eigenvalue weighted by Crippen LogP contribution is 2.35. The fourth-order valence-corrected chi connectivity index (χ4v) is 1.37. The number of nitro benzene ring substituents is 1. The highest BCUT2D eigenvalue weighted by Gasteiger charge is 2.18. The summed E-state index contributed by atoms with van der Waals surface area (Å²) >= 11 is 11.4. The number of carboxylic acid groups (broad SMARTS) is 1. The molecule has 0 saturated heterocycles. The zero-order valence-corrected chi connectivity index (χ0v) is 10.3. The molecule has 18 heavy (non-hydrogen) atoms. The van der Waals surface area contributed by atoms with Crippen LogP contribution < -0.4 is 4.74 Å². The van der Waals surface area contributed by atoms with Gasteiger partial charge in [-0.15, -0.1) is 0 Å². The number of aliphatic carboxylic acids is 1. The van der Waals surface area contributed by atoms with Crippen molar-refractivity contribution >= 4 is 34.9 Å². The van der Waals surface area contributed by atoms with Gasteiger partial charge in [-0.05, 0) is 6.08 Å². The van der Waals surface area contributed by atoms with Crippen molar-refractivity contribution in [3.63, 3.8) is 0 Å². The van der Waals surface area contributed by atoms with Crippen molar-refractivity contribution < 1.29 is 19.6 Å². The van der Waals surface area contributed by atoms with Crippen molar-refractivity contribution in [3.05, 3.63) is 44.4 Å².